The highest BCUT2D eigenvalue weighted by Gasteiger charge is 2.27. The maximum atomic E-state index is 13.0. The molecule has 0 heterocycles. The van der Waals surface area contributed by atoms with E-state index in [4.69, 9.17) is 5.73 Å². The molecular formula is C10H12F4N2O. The Labute approximate surface area is 95.6 Å². The molecule has 1 aromatic carbocycles. The van der Waals surface area contributed by atoms with Crippen LogP contribution in [0.1, 0.15) is 0 Å². The number of nitrogens with two attached hydrogens (primary N) is 1. The van der Waals surface area contributed by atoms with E-state index >= 15 is 0 Å². The van der Waals surface area contributed by atoms with Crippen LogP contribution in [0.25, 0.3) is 0 Å². The van der Waals surface area contributed by atoms with Crippen molar-refractivity contribution >= 4 is 11.4 Å². The van der Waals surface area contributed by atoms with Crippen molar-refractivity contribution in [1.29, 1.82) is 0 Å². The molecule has 0 aromatic heterocycles. The third-order valence-corrected chi connectivity index (χ3v) is 1.88. The van der Waals surface area contributed by atoms with Crippen LogP contribution in [0, 0.1) is 5.82 Å². The van der Waals surface area contributed by atoms with E-state index in [-0.39, 0.29) is 18.8 Å². The molecule has 0 saturated carbocycles. The standard InChI is InChI=1S/C10H12F4N2O/c11-7-2-1-3-8(9(7)15)16-4-5-17-6-10(12,13)14/h1-3,16H,4-6,15H2. The van der Waals surface area contributed by atoms with Crippen molar-refractivity contribution in [2.24, 2.45) is 0 Å². The molecule has 0 aliphatic rings. The number of rotatable bonds is 5. The lowest BCUT2D eigenvalue weighted by Gasteiger charge is -2.11. The van der Waals surface area contributed by atoms with Crippen LogP contribution in [0.2, 0.25) is 0 Å². The van der Waals surface area contributed by atoms with Crippen LogP contribution >= 0.6 is 0 Å². The minimum Gasteiger partial charge on any atom is -0.395 e. The molecular weight excluding hydrogens is 240 g/mol. The topological polar surface area (TPSA) is 47.3 Å². The Morgan fingerprint density at radius 2 is 2.00 bits per heavy atom. The first kappa shape index (κ1) is 13.6. The van der Waals surface area contributed by atoms with E-state index in [9.17, 15) is 17.6 Å². The van der Waals surface area contributed by atoms with Crippen molar-refractivity contribution in [3.8, 4) is 0 Å². The molecule has 0 saturated heterocycles. The largest absolute Gasteiger partial charge is 0.411 e. The van der Waals surface area contributed by atoms with Crippen molar-refractivity contribution in [1.82, 2.24) is 0 Å². The van der Waals surface area contributed by atoms with Gasteiger partial charge in [-0.2, -0.15) is 13.2 Å². The second-order valence-electron chi connectivity index (χ2n) is 3.30. The zero-order valence-corrected chi connectivity index (χ0v) is 8.85. The zero-order valence-electron chi connectivity index (χ0n) is 8.85. The molecule has 3 N–H and O–H groups in total. The average molecular weight is 252 g/mol. The normalized spacial score (nSPS) is 11.5. The summed E-state index contributed by atoms with van der Waals surface area (Å²) in [7, 11) is 0. The summed E-state index contributed by atoms with van der Waals surface area (Å²) < 4.78 is 52.5. The Kier molecular flexibility index (Phi) is 4.56. The molecule has 0 fully saturated rings. The van der Waals surface area contributed by atoms with Crippen LogP contribution in [0.15, 0.2) is 18.2 Å². The van der Waals surface area contributed by atoms with E-state index < -0.39 is 18.6 Å². The summed E-state index contributed by atoms with van der Waals surface area (Å²) in [5.41, 5.74) is 5.68. The molecule has 96 valence electrons. The van der Waals surface area contributed by atoms with Gasteiger partial charge in [0.15, 0.2) is 0 Å². The van der Waals surface area contributed by atoms with Crippen molar-refractivity contribution < 1.29 is 22.3 Å². The maximum absolute atomic E-state index is 13.0. The highest BCUT2D eigenvalue weighted by atomic mass is 19.4. The number of ether oxygens (including phenoxy) is 1. The molecule has 0 radical (unpaired) electrons. The predicted octanol–water partition coefficient (Wildman–Crippen LogP) is 2.40. The molecule has 17 heavy (non-hydrogen) atoms. The lowest BCUT2D eigenvalue weighted by atomic mass is 10.2. The fourth-order valence-electron chi connectivity index (χ4n) is 1.14. The number of anilines is 2. The monoisotopic (exact) mass is 252 g/mol. The Morgan fingerprint density at radius 3 is 2.65 bits per heavy atom. The third-order valence-electron chi connectivity index (χ3n) is 1.88. The van der Waals surface area contributed by atoms with Gasteiger partial charge in [-0.1, -0.05) is 6.07 Å². The molecule has 0 aliphatic carbocycles. The summed E-state index contributed by atoms with van der Waals surface area (Å²) in [4.78, 5) is 0. The van der Waals surface area contributed by atoms with E-state index in [0.717, 1.165) is 0 Å². The first-order valence-electron chi connectivity index (χ1n) is 4.82. The van der Waals surface area contributed by atoms with Gasteiger partial charge < -0.3 is 15.8 Å². The van der Waals surface area contributed by atoms with E-state index in [1.54, 1.807) is 0 Å². The zero-order chi connectivity index (χ0) is 12.9. The summed E-state index contributed by atoms with van der Waals surface area (Å²) in [6.07, 6.45) is -4.34. The number of benzene rings is 1. The Morgan fingerprint density at radius 1 is 1.29 bits per heavy atom. The summed E-state index contributed by atoms with van der Waals surface area (Å²) in [5.74, 6) is -0.578. The van der Waals surface area contributed by atoms with Gasteiger partial charge in [-0.3, -0.25) is 0 Å². The fourth-order valence-corrected chi connectivity index (χ4v) is 1.14. The lowest BCUT2D eigenvalue weighted by molar-refractivity contribution is -0.172. The number of para-hydroxylation sites is 1. The predicted molar refractivity (Wildman–Crippen MR) is 56.2 cm³/mol. The van der Waals surface area contributed by atoms with Gasteiger partial charge in [-0.15, -0.1) is 0 Å². The van der Waals surface area contributed by atoms with Crippen LogP contribution in [-0.2, 0) is 4.74 Å². The molecule has 0 bridgehead atoms. The SMILES string of the molecule is Nc1c(F)cccc1NCCOCC(F)(F)F. The van der Waals surface area contributed by atoms with Crippen LogP contribution in [0.3, 0.4) is 0 Å². The maximum Gasteiger partial charge on any atom is 0.411 e. The van der Waals surface area contributed by atoms with Gasteiger partial charge in [0.05, 0.1) is 18.0 Å². The summed E-state index contributed by atoms with van der Waals surface area (Å²) in [6, 6.07) is 4.17. The first-order chi connectivity index (χ1) is 7.90. The number of hydrogen-bond acceptors (Lipinski definition) is 3. The van der Waals surface area contributed by atoms with E-state index in [0.29, 0.717) is 5.69 Å². The van der Waals surface area contributed by atoms with Crippen LogP contribution in [0.5, 0.6) is 0 Å². The van der Waals surface area contributed by atoms with Crippen molar-refractivity contribution in [3.05, 3.63) is 24.0 Å². The quantitative estimate of drug-likeness (QED) is 0.480. The fraction of sp³-hybridized carbons (Fsp3) is 0.400. The number of nitrogen functional groups attached to an aromatic ring is 1. The molecule has 1 rings (SSSR count). The van der Waals surface area contributed by atoms with Gasteiger partial charge in [-0.25, -0.2) is 4.39 Å². The number of hydrogen-bond donors (Lipinski definition) is 2. The molecule has 0 unspecified atom stereocenters. The van der Waals surface area contributed by atoms with Gasteiger partial charge in [0.2, 0.25) is 0 Å². The Hall–Kier alpha value is -1.50. The number of halogens is 4. The molecule has 3 nitrogen and oxygen atoms in total. The summed E-state index contributed by atoms with van der Waals surface area (Å²) >= 11 is 0. The van der Waals surface area contributed by atoms with E-state index in [1.165, 1.54) is 18.2 Å². The molecule has 0 spiro atoms. The Bertz CT molecular complexity index is 368. The van der Waals surface area contributed by atoms with E-state index in [1.807, 2.05) is 0 Å². The van der Waals surface area contributed by atoms with Crippen LogP contribution < -0.4 is 11.1 Å². The lowest BCUT2D eigenvalue weighted by Crippen LogP contribution is -2.20. The molecule has 0 amide bonds. The molecule has 0 aliphatic heterocycles. The van der Waals surface area contributed by atoms with Gasteiger partial charge in [0.25, 0.3) is 0 Å². The summed E-state index contributed by atoms with van der Waals surface area (Å²) in [5, 5.41) is 2.68. The van der Waals surface area contributed by atoms with Crippen LogP contribution in [-0.4, -0.2) is 25.9 Å². The third kappa shape index (κ3) is 4.90. The van der Waals surface area contributed by atoms with Gasteiger partial charge in [0.1, 0.15) is 12.4 Å². The van der Waals surface area contributed by atoms with Crippen molar-refractivity contribution in [3.63, 3.8) is 0 Å². The highest BCUT2D eigenvalue weighted by Crippen LogP contribution is 2.20. The minimum atomic E-state index is -4.34. The average Bonchev–Trinajstić information content (AvgIpc) is 2.22. The van der Waals surface area contributed by atoms with Crippen LogP contribution in [0.4, 0.5) is 28.9 Å². The highest BCUT2D eigenvalue weighted by molar-refractivity contribution is 5.66. The molecule has 0 atom stereocenters. The van der Waals surface area contributed by atoms with Gasteiger partial charge in [0, 0.05) is 6.54 Å². The first-order valence-corrected chi connectivity index (χ1v) is 4.82. The minimum absolute atomic E-state index is 0.0664. The van der Waals surface area contributed by atoms with Crippen molar-refractivity contribution in [2.45, 2.75) is 6.18 Å². The molecule has 7 heteroatoms. The van der Waals surface area contributed by atoms with Crippen molar-refractivity contribution in [2.75, 3.05) is 30.8 Å². The second-order valence-corrected chi connectivity index (χ2v) is 3.30. The summed E-state index contributed by atoms with van der Waals surface area (Å²) in [6.45, 7) is -1.33. The Balaban J connectivity index is 2.29. The number of nitrogens with one attached hydrogen (secondary N) is 1. The number of alkyl halides is 3. The molecule has 1 aromatic rings. The van der Waals surface area contributed by atoms with E-state index in [2.05, 4.69) is 10.1 Å². The van der Waals surface area contributed by atoms with Gasteiger partial charge >= 0.3 is 6.18 Å². The smallest absolute Gasteiger partial charge is 0.395 e. The second kappa shape index (κ2) is 5.72. The van der Waals surface area contributed by atoms with Gasteiger partial charge in [-0.05, 0) is 12.1 Å².